The summed E-state index contributed by atoms with van der Waals surface area (Å²) in [6, 6.07) is 23.2. The number of para-hydroxylation sites is 1. The monoisotopic (exact) mass is 450 g/mol. The maximum Gasteiger partial charge on any atom is 0.229 e. The van der Waals surface area contributed by atoms with Crippen molar-refractivity contribution < 1.29 is 9.18 Å². The number of hydrogen-bond acceptors (Lipinski definition) is 4. The minimum Gasteiger partial charge on any atom is -0.284 e. The third kappa shape index (κ3) is 5.51. The number of nitrogens with zero attached hydrogens (tertiary/aromatic N) is 2. The second kappa shape index (κ2) is 10.1. The van der Waals surface area contributed by atoms with E-state index in [1.165, 1.54) is 27.9 Å². The van der Waals surface area contributed by atoms with Crippen molar-refractivity contribution in [2.24, 2.45) is 0 Å². The number of rotatable bonds is 8. The summed E-state index contributed by atoms with van der Waals surface area (Å²) in [4.78, 5) is 20.5. The number of anilines is 1. The summed E-state index contributed by atoms with van der Waals surface area (Å²) in [5, 5.41) is 0.542. The Labute approximate surface area is 189 Å². The van der Waals surface area contributed by atoms with E-state index >= 15 is 0 Å². The number of aromatic nitrogens is 1. The molecule has 0 aliphatic carbocycles. The lowest BCUT2D eigenvalue weighted by atomic mass is 10.2. The van der Waals surface area contributed by atoms with Gasteiger partial charge < -0.3 is 0 Å². The number of thiazole rings is 1. The van der Waals surface area contributed by atoms with E-state index in [1.807, 2.05) is 36.4 Å². The van der Waals surface area contributed by atoms with Crippen molar-refractivity contribution in [3.63, 3.8) is 0 Å². The molecule has 4 rings (SSSR count). The Kier molecular flexibility index (Phi) is 6.99. The van der Waals surface area contributed by atoms with Gasteiger partial charge in [-0.25, -0.2) is 9.37 Å². The molecule has 0 unspecified atom stereocenters. The van der Waals surface area contributed by atoms with E-state index in [0.29, 0.717) is 23.6 Å². The van der Waals surface area contributed by atoms with Gasteiger partial charge in [0.05, 0.1) is 11.2 Å². The van der Waals surface area contributed by atoms with Gasteiger partial charge in [0.1, 0.15) is 11.3 Å². The lowest BCUT2D eigenvalue weighted by Gasteiger charge is -2.20. The first-order valence-electron chi connectivity index (χ1n) is 10.2. The van der Waals surface area contributed by atoms with Crippen LogP contribution in [0.25, 0.3) is 10.2 Å². The van der Waals surface area contributed by atoms with Crippen LogP contribution in [0.5, 0.6) is 0 Å². The van der Waals surface area contributed by atoms with Gasteiger partial charge in [0.15, 0.2) is 5.13 Å². The van der Waals surface area contributed by atoms with E-state index in [-0.39, 0.29) is 11.7 Å². The number of halogens is 1. The quantitative estimate of drug-likeness (QED) is 0.217. The fraction of sp³-hybridized carbons (Fsp3) is 0.200. The van der Waals surface area contributed by atoms with Crippen LogP contribution in [0, 0.1) is 12.7 Å². The van der Waals surface area contributed by atoms with Crippen LogP contribution in [0.15, 0.2) is 77.7 Å². The fourth-order valence-electron chi connectivity index (χ4n) is 3.23. The van der Waals surface area contributed by atoms with Gasteiger partial charge >= 0.3 is 0 Å². The number of hydrogen-bond donors (Lipinski definition) is 0. The van der Waals surface area contributed by atoms with Crippen LogP contribution in [-0.4, -0.2) is 16.6 Å². The molecule has 3 aromatic carbocycles. The zero-order valence-corrected chi connectivity index (χ0v) is 18.9. The molecule has 1 amide bonds. The summed E-state index contributed by atoms with van der Waals surface area (Å²) in [6.07, 6.45) is 1.19. The Morgan fingerprint density at radius 3 is 2.55 bits per heavy atom. The lowest BCUT2D eigenvalue weighted by molar-refractivity contribution is -0.118. The molecule has 158 valence electrons. The van der Waals surface area contributed by atoms with Crippen LogP contribution < -0.4 is 4.90 Å². The van der Waals surface area contributed by atoms with E-state index < -0.39 is 0 Å². The minimum absolute atomic E-state index is 0.00724. The number of carbonyl (C=O) groups is 1. The molecule has 3 nitrogen and oxygen atoms in total. The van der Waals surface area contributed by atoms with E-state index in [2.05, 4.69) is 36.2 Å². The molecule has 0 radical (unpaired) electrons. The minimum atomic E-state index is -0.360. The molecule has 0 aliphatic rings. The lowest BCUT2D eigenvalue weighted by Crippen LogP contribution is -2.30. The smallest absolute Gasteiger partial charge is 0.229 e. The first-order chi connectivity index (χ1) is 15.1. The highest BCUT2D eigenvalue weighted by molar-refractivity contribution is 7.99. The summed E-state index contributed by atoms with van der Waals surface area (Å²) in [5.41, 5.74) is 2.58. The molecule has 1 heterocycles. The fourth-order valence-corrected chi connectivity index (χ4v) is 5.08. The van der Waals surface area contributed by atoms with Gasteiger partial charge in [-0.2, -0.15) is 0 Å². The van der Waals surface area contributed by atoms with E-state index in [9.17, 15) is 9.18 Å². The summed E-state index contributed by atoms with van der Waals surface area (Å²) in [6.45, 7) is 2.49. The predicted molar refractivity (Wildman–Crippen MR) is 128 cm³/mol. The molecule has 0 fully saturated rings. The molecule has 6 heteroatoms. The molecule has 31 heavy (non-hydrogen) atoms. The molecule has 0 N–H and O–H groups in total. The number of aryl methyl sites for hydroxylation is 1. The van der Waals surface area contributed by atoms with Gasteiger partial charge in [0.25, 0.3) is 0 Å². The largest absolute Gasteiger partial charge is 0.284 e. The summed E-state index contributed by atoms with van der Waals surface area (Å²) >= 11 is 3.11. The van der Waals surface area contributed by atoms with E-state index in [0.717, 1.165) is 22.4 Å². The highest BCUT2D eigenvalue weighted by Gasteiger charge is 2.21. The molecule has 0 atom stereocenters. The highest BCUT2D eigenvalue weighted by atomic mass is 32.2. The Bertz CT molecular complexity index is 1160. The second-order valence-electron chi connectivity index (χ2n) is 7.31. The SMILES string of the molecule is Cc1ccc(SCCCC(=O)N(Cc2ccccc2)c2nc3c(F)cccc3s2)cc1. The maximum absolute atomic E-state index is 14.2. The first-order valence-corrected chi connectivity index (χ1v) is 12.0. The van der Waals surface area contributed by atoms with Crippen molar-refractivity contribution in [3.8, 4) is 0 Å². The van der Waals surface area contributed by atoms with Gasteiger partial charge in [0.2, 0.25) is 5.91 Å². The molecule has 0 saturated carbocycles. The number of amides is 1. The number of fused-ring (bicyclic) bond motifs is 1. The number of benzene rings is 3. The van der Waals surface area contributed by atoms with Gasteiger partial charge in [-0.15, -0.1) is 11.8 Å². The van der Waals surface area contributed by atoms with E-state index in [1.54, 1.807) is 22.7 Å². The van der Waals surface area contributed by atoms with Crippen LogP contribution in [-0.2, 0) is 11.3 Å². The molecule has 0 saturated heterocycles. The molecule has 0 bridgehead atoms. The average Bonchev–Trinajstić information content (AvgIpc) is 3.22. The standard InChI is InChI=1S/C25H23FN2OS2/c1-18-12-14-20(15-13-18)30-16-6-11-23(29)28(17-19-7-3-2-4-8-19)25-27-24-21(26)9-5-10-22(24)31-25/h2-5,7-10,12-15H,6,11,16-17H2,1H3. The number of thioether (sulfide) groups is 1. The molecule has 0 aliphatic heterocycles. The molecular weight excluding hydrogens is 427 g/mol. The van der Waals surface area contributed by atoms with Crippen LogP contribution in [0.4, 0.5) is 9.52 Å². The van der Waals surface area contributed by atoms with Gasteiger partial charge in [0, 0.05) is 11.3 Å². The zero-order valence-electron chi connectivity index (χ0n) is 17.3. The van der Waals surface area contributed by atoms with Crippen LogP contribution >= 0.6 is 23.1 Å². The molecule has 1 aromatic heterocycles. The van der Waals surface area contributed by atoms with Crippen molar-refractivity contribution in [1.29, 1.82) is 0 Å². The molecule has 4 aromatic rings. The maximum atomic E-state index is 14.2. The third-order valence-electron chi connectivity index (χ3n) is 4.90. The van der Waals surface area contributed by atoms with Gasteiger partial charge in [-0.05, 0) is 48.9 Å². The van der Waals surface area contributed by atoms with Crippen LogP contribution in [0.2, 0.25) is 0 Å². The zero-order chi connectivity index (χ0) is 21.6. The second-order valence-corrected chi connectivity index (χ2v) is 9.49. The van der Waals surface area contributed by atoms with Crippen molar-refractivity contribution in [2.45, 2.75) is 31.2 Å². The third-order valence-corrected chi connectivity index (χ3v) is 7.04. The molecular formula is C25H23FN2OS2. The Morgan fingerprint density at radius 1 is 1.03 bits per heavy atom. The average molecular weight is 451 g/mol. The van der Waals surface area contributed by atoms with Crippen LogP contribution in [0.3, 0.4) is 0 Å². The van der Waals surface area contributed by atoms with Crippen molar-refractivity contribution in [3.05, 3.63) is 89.7 Å². The summed E-state index contributed by atoms with van der Waals surface area (Å²) in [5.74, 6) is 0.511. The Hall–Kier alpha value is -2.70. The van der Waals surface area contributed by atoms with Crippen molar-refractivity contribution in [1.82, 2.24) is 4.98 Å². The normalized spacial score (nSPS) is 11.0. The Balaban J connectivity index is 1.47. The molecule has 0 spiro atoms. The summed E-state index contributed by atoms with van der Waals surface area (Å²) in [7, 11) is 0. The van der Waals surface area contributed by atoms with Crippen LogP contribution in [0.1, 0.15) is 24.0 Å². The highest BCUT2D eigenvalue weighted by Crippen LogP contribution is 2.32. The van der Waals surface area contributed by atoms with Gasteiger partial charge in [-0.1, -0.05) is 65.4 Å². The van der Waals surface area contributed by atoms with Crippen molar-refractivity contribution in [2.75, 3.05) is 10.7 Å². The Morgan fingerprint density at radius 2 is 1.81 bits per heavy atom. The topological polar surface area (TPSA) is 33.2 Å². The summed E-state index contributed by atoms with van der Waals surface area (Å²) < 4.78 is 14.9. The van der Waals surface area contributed by atoms with E-state index in [4.69, 9.17) is 0 Å². The van der Waals surface area contributed by atoms with Gasteiger partial charge in [-0.3, -0.25) is 9.69 Å². The number of carbonyl (C=O) groups excluding carboxylic acids is 1. The first kappa shape index (κ1) is 21.5. The van der Waals surface area contributed by atoms with Crippen molar-refractivity contribution >= 4 is 44.4 Å². The predicted octanol–water partition coefficient (Wildman–Crippen LogP) is 6.85.